The summed E-state index contributed by atoms with van der Waals surface area (Å²) in [4.78, 5) is 15.6. The van der Waals surface area contributed by atoms with Crippen LogP contribution in [0.15, 0.2) is 57.9 Å². The van der Waals surface area contributed by atoms with E-state index in [0.717, 1.165) is 10.0 Å². The molecular formula is C26H35BrClN3O6S2. The van der Waals surface area contributed by atoms with Crippen LogP contribution in [-0.4, -0.2) is 87.9 Å². The van der Waals surface area contributed by atoms with Crippen LogP contribution in [0.4, 0.5) is 0 Å². The Morgan fingerprint density at radius 2 is 1.67 bits per heavy atom. The molecule has 1 saturated heterocycles. The van der Waals surface area contributed by atoms with Crippen molar-refractivity contribution >= 4 is 53.5 Å². The summed E-state index contributed by atoms with van der Waals surface area (Å²) in [6.07, 6.45) is 1.28. The monoisotopic (exact) mass is 663 g/mol. The van der Waals surface area contributed by atoms with E-state index in [4.69, 9.17) is 16.3 Å². The van der Waals surface area contributed by atoms with Crippen molar-refractivity contribution in [2.45, 2.75) is 43.7 Å². The van der Waals surface area contributed by atoms with E-state index in [9.17, 15) is 21.6 Å². The molecule has 1 heterocycles. The Balaban J connectivity index is 1.81. The molecule has 0 atom stereocenters. The zero-order valence-electron chi connectivity index (χ0n) is 22.1. The molecule has 2 aromatic carbocycles. The lowest BCUT2D eigenvalue weighted by molar-refractivity contribution is -0.135. The summed E-state index contributed by atoms with van der Waals surface area (Å²) in [7, 11) is -5.84. The number of halogens is 2. The normalized spacial score (nSPS) is 15.5. The van der Waals surface area contributed by atoms with Gasteiger partial charge in [0.2, 0.25) is 26.0 Å². The van der Waals surface area contributed by atoms with E-state index in [2.05, 4.69) is 15.9 Å². The van der Waals surface area contributed by atoms with Gasteiger partial charge < -0.3 is 9.64 Å². The van der Waals surface area contributed by atoms with E-state index >= 15 is 0 Å². The Kier molecular flexibility index (Phi) is 11.8. The number of carbonyl (C=O) groups is 1. The highest BCUT2D eigenvalue weighted by Gasteiger charge is 2.35. The molecule has 0 aromatic heterocycles. The van der Waals surface area contributed by atoms with E-state index in [-0.39, 0.29) is 61.9 Å². The van der Waals surface area contributed by atoms with Gasteiger partial charge in [-0.05, 0) is 61.2 Å². The minimum atomic E-state index is -3.67. The lowest BCUT2D eigenvalue weighted by atomic mass is 10.0. The Labute approximate surface area is 245 Å². The third-order valence-corrected chi connectivity index (χ3v) is 11.3. The number of amides is 1. The van der Waals surface area contributed by atoms with Crippen molar-refractivity contribution < 1.29 is 26.4 Å². The van der Waals surface area contributed by atoms with E-state index in [0.29, 0.717) is 24.3 Å². The second-order valence-corrected chi connectivity index (χ2v) is 14.8. The molecule has 2 aromatic rings. The summed E-state index contributed by atoms with van der Waals surface area (Å²) < 4.78 is 60.6. The minimum absolute atomic E-state index is 0.0620. The zero-order valence-corrected chi connectivity index (χ0v) is 26.1. The second kappa shape index (κ2) is 14.4. The number of methoxy groups -OCH3 is 1. The molecule has 1 aliphatic rings. The van der Waals surface area contributed by atoms with E-state index in [1.54, 1.807) is 48.2 Å². The molecule has 0 radical (unpaired) electrons. The fraction of sp³-hybridized carbons (Fsp3) is 0.500. The van der Waals surface area contributed by atoms with Crippen LogP contribution in [0.5, 0.6) is 0 Å². The average Bonchev–Trinajstić information content (AvgIpc) is 2.90. The Morgan fingerprint density at radius 3 is 2.23 bits per heavy atom. The third-order valence-electron chi connectivity index (χ3n) is 6.61. The van der Waals surface area contributed by atoms with Gasteiger partial charge in [-0.2, -0.15) is 8.61 Å². The average molecular weight is 665 g/mol. The van der Waals surface area contributed by atoms with Crippen LogP contribution in [-0.2, 0) is 36.1 Å². The molecular weight excluding hydrogens is 630 g/mol. The number of hydrogen-bond donors (Lipinski definition) is 0. The first kappa shape index (κ1) is 32.0. The summed E-state index contributed by atoms with van der Waals surface area (Å²) in [5, 5.41) is 0.569. The molecule has 1 aliphatic heterocycles. The molecule has 0 spiro atoms. The van der Waals surface area contributed by atoms with Crippen molar-refractivity contribution in [3.63, 3.8) is 0 Å². The van der Waals surface area contributed by atoms with E-state index < -0.39 is 20.0 Å². The van der Waals surface area contributed by atoms with Gasteiger partial charge in [0.05, 0.1) is 23.8 Å². The summed E-state index contributed by atoms with van der Waals surface area (Å²) in [6, 6.07) is 13.4. The highest BCUT2D eigenvalue weighted by molar-refractivity contribution is 9.10. The Hall–Kier alpha value is -1.54. The van der Waals surface area contributed by atoms with Crippen LogP contribution in [0.2, 0.25) is 5.02 Å². The molecule has 0 aliphatic carbocycles. The molecule has 0 N–H and O–H groups in total. The Morgan fingerprint density at radius 1 is 1.05 bits per heavy atom. The van der Waals surface area contributed by atoms with Gasteiger partial charge in [0.15, 0.2) is 0 Å². The predicted octanol–water partition coefficient (Wildman–Crippen LogP) is 3.97. The number of rotatable bonds is 13. The van der Waals surface area contributed by atoms with Gasteiger partial charge in [0.1, 0.15) is 0 Å². The van der Waals surface area contributed by atoms with Gasteiger partial charge in [0, 0.05) is 48.8 Å². The number of benzene rings is 2. The van der Waals surface area contributed by atoms with Crippen molar-refractivity contribution in [3.05, 3.63) is 63.6 Å². The van der Waals surface area contributed by atoms with Crippen LogP contribution in [0, 0.1) is 0 Å². The first-order valence-corrected chi connectivity index (χ1v) is 17.0. The third kappa shape index (κ3) is 8.72. The molecule has 13 heteroatoms. The molecule has 9 nitrogen and oxygen atoms in total. The van der Waals surface area contributed by atoms with Gasteiger partial charge in [-0.15, -0.1) is 0 Å². The van der Waals surface area contributed by atoms with Gasteiger partial charge in [-0.1, -0.05) is 46.6 Å². The number of ether oxygens (including phenoxy) is 1. The zero-order chi connectivity index (χ0) is 28.6. The van der Waals surface area contributed by atoms with Gasteiger partial charge in [-0.3, -0.25) is 4.79 Å². The molecule has 1 fully saturated rings. The standard InChI is InChI=1S/C26H35BrClN3O6S2/c1-3-18-38(33,34)30(16-17-37-2)20-26(32)31(19-21-4-8-23(28)9-5-21)24-12-14-29(15-13-24)39(35,36)25-10-6-22(27)7-11-25/h4-11,24H,3,12-20H2,1-2H3. The van der Waals surface area contributed by atoms with Crippen LogP contribution in [0.25, 0.3) is 0 Å². The van der Waals surface area contributed by atoms with Crippen molar-refractivity contribution in [1.29, 1.82) is 0 Å². The van der Waals surface area contributed by atoms with Crippen molar-refractivity contribution in [3.8, 4) is 0 Å². The molecule has 0 unspecified atom stereocenters. The quantitative estimate of drug-likeness (QED) is 0.321. The molecule has 3 rings (SSSR count). The smallest absolute Gasteiger partial charge is 0.243 e. The van der Waals surface area contributed by atoms with Crippen LogP contribution < -0.4 is 0 Å². The highest BCUT2D eigenvalue weighted by atomic mass is 79.9. The number of hydrogen-bond acceptors (Lipinski definition) is 6. The number of nitrogens with zero attached hydrogens (tertiary/aromatic N) is 3. The fourth-order valence-corrected chi connectivity index (χ4v) is 7.79. The first-order valence-electron chi connectivity index (χ1n) is 12.7. The number of carbonyl (C=O) groups excluding carboxylic acids is 1. The van der Waals surface area contributed by atoms with Crippen LogP contribution in [0.3, 0.4) is 0 Å². The maximum absolute atomic E-state index is 13.7. The summed E-state index contributed by atoms with van der Waals surface area (Å²) in [5.74, 6) is -0.400. The Bertz CT molecular complexity index is 1300. The van der Waals surface area contributed by atoms with Crippen molar-refractivity contribution in [2.24, 2.45) is 0 Å². The molecule has 0 saturated carbocycles. The largest absolute Gasteiger partial charge is 0.383 e. The van der Waals surface area contributed by atoms with E-state index in [1.807, 2.05) is 12.1 Å². The molecule has 39 heavy (non-hydrogen) atoms. The van der Waals surface area contributed by atoms with Crippen molar-refractivity contribution in [2.75, 3.05) is 45.6 Å². The van der Waals surface area contributed by atoms with Gasteiger partial charge in [0.25, 0.3) is 0 Å². The minimum Gasteiger partial charge on any atom is -0.383 e. The first-order chi connectivity index (χ1) is 18.5. The van der Waals surface area contributed by atoms with E-state index in [1.165, 1.54) is 15.7 Å². The van der Waals surface area contributed by atoms with Crippen molar-refractivity contribution in [1.82, 2.24) is 13.5 Å². The lowest BCUT2D eigenvalue weighted by Crippen LogP contribution is -2.51. The fourth-order valence-electron chi connectivity index (χ4n) is 4.50. The summed E-state index contributed by atoms with van der Waals surface area (Å²) in [5.41, 5.74) is 0.845. The molecule has 0 bridgehead atoms. The highest BCUT2D eigenvalue weighted by Crippen LogP contribution is 2.26. The lowest BCUT2D eigenvalue weighted by Gasteiger charge is -2.39. The SMILES string of the molecule is CCCS(=O)(=O)N(CCOC)CC(=O)N(Cc1ccc(Cl)cc1)C1CCN(S(=O)(=O)c2ccc(Br)cc2)CC1. The maximum atomic E-state index is 13.7. The predicted molar refractivity (Wildman–Crippen MR) is 155 cm³/mol. The maximum Gasteiger partial charge on any atom is 0.243 e. The van der Waals surface area contributed by atoms with Gasteiger partial charge in [-0.25, -0.2) is 16.8 Å². The number of sulfonamides is 2. The van der Waals surface area contributed by atoms with Crippen LogP contribution >= 0.6 is 27.5 Å². The summed E-state index contributed by atoms with van der Waals surface area (Å²) in [6.45, 7) is 2.45. The topological polar surface area (TPSA) is 104 Å². The van der Waals surface area contributed by atoms with Gasteiger partial charge >= 0.3 is 0 Å². The summed E-state index contributed by atoms with van der Waals surface area (Å²) >= 11 is 9.37. The van der Waals surface area contributed by atoms with Crippen LogP contribution in [0.1, 0.15) is 31.7 Å². The number of piperidine rings is 1. The second-order valence-electron chi connectivity index (χ2n) is 9.38. The molecule has 1 amide bonds. The molecule has 216 valence electrons.